The van der Waals surface area contributed by atoms with E-state index in [4.69, 9.17) is 10.8 Å². The number of amides is 1. The summed E-state index contributed by atoms with van der Waals surface area (Å²) < 4.78 is 1.01. The molecule has 1 heterocycles. The molecule has 1 amide bonds. The molecule has 0 saturated heterocycles. The molecule has 0 aliphatic heterocycles. The Kier molecular flexibility index (Phi) is 3.18. The Morgan fingerprint density at radius 3 is 2.62 bits per heavy atom. The first-order valence-electron chi connectivity index (χ1n) is 4.15. The van der Waals surface area contributed by atoms with Crippen LogP contribution in [0.3, 0.4) is 0 Å². The van der Waals surface area contributed by atoms with Crippen LogP contribution in [0.5, 0.6) is 0 Å². The second-order valence-corrected chi connectivity index (χ2v) is 2.90. The predicted octanol–water partition coefficient (Wildman–Crippen LogP) is -0.635. The molecule has 1 aromatic heterocycles. The van der Waals surface area contributed by atoms with Crippen LogP contribution in [0.25, 0.3) is 0 Å². The number of aryl methyl sites for hydroxylation is 1. The first-order chi connectivity index (χ1) is 7.41. The Labute approximate surface area is 88.6 Å². The number of carboxylic acids is 1. The lowest BCUT2D eigenvalue weighted by Crippen LogP contribution is -2.14. The Morgan fingerprint density at radius 1 is 1.62 bits per heavy atom. The number of nitro groups is 1. The monoisotopic (exact) mass is 228 g/mol. The van der Waals surface area contributed by atoms with E-state index in [-0.39, 0.29) is 13.0 Å². The van der Waals surface area contributed by atoms with Gasteiger partial charge in [0.15, 0.2) is 0 Å². The van der Waals surface area contributed by atoms with E-state index in [1.807, 2.05) is 0 Å². The minimum atomic E-state index is -1.50. The summed E-state index contributed by atoms with van der Waals surface area (Å²) in [6, 6.07) is 0. The molecule has 0 saturated carbocycles. The van der Waals surface area contributed by atoms with Gasteiger partial charge in [0, 0.05) is 13.0 Å². The van der Waals surface area contributed by atoms with Gasteiger partial charge in [-0.1, -0.05) is 0 Å². The third-order valence-corrected chi connectivity index (χ3v) is 1.73. The molecule has 9 heteroatoms. The van der Waals surface area contributed by atoms with E-state index in [2.05, 4.69) is 5.10 Å². The summed E-state index contributed by atoms with van der Waals surface area (Å²) in [5.74, 6) is -2.10. The van der Waals surface area contributed by atoms with Crippen LogP contribution in [0, 0.1) is 10.1 Å². The van der Waals surface area contributed by atoms with Crippen molar-refractivity contribution in [3.05, 3.63) is 22.0 Å². The molecule has 86 valence electrons. The van der Waals surface area contributed by atoms with Crippen molar-refractivity contribution in [1.82, 2.24) is 9.78 Å². The summed E-state index contributed by atoms with van der Waals surface area (Å²) in [5, 5.41) is 22.6. The van der Waals surface area contributed by atoms with Crippen molar-refractivity contribution >= 4 is 17.6 Å². The van der Waals surface area contributed by atoms with Gasteiger partial charge in [0.1, 0.15) is 6.20 Å². The fourth-order valence-electron chi connectivity index (χ4n) is 1.04. The molecule has 1 rings (SSSR count). The zero-order valence-electron chi connectivity index (χ0n) is 7.99. The van der Waals surface area contributed by atoms with Crippen molar-refractivity contribution in [2.75, 3.05) is 0 Å². The smallest absolute Gasteiger partial charge is 0.363 e. The summed E-state index contributed by atoms with van der Waals surface area (Å²) in [4.78, 5) is 30.7. The molecule has 0 atom stereocenters. The number of nitrogens with zero attached hydrogens (tertiary/aromatic N) is 3. The normalized spacial score (nSPS) is 10.0. The summed E-state index contributed by atoms with van der Waals surface area (Å²) in [6.45, 7) is 0.00343. The predicted molar refractivity (Wildman–Crippen MR) is 49.7 cm³/mol. The van der Waals surface area contributed by atoms with Gasteiger partial charge in [-0.15, -0.1) is 0 Å². The number of carbonyl (C=O) groups excluding carboxylic acids is 1. The largest absolute Gasteiger partial charge is 0.476 e. The summed E-state index contributed by atoms with van der Waals surface area (Å²) in [7, 11) is 0. The molecule has 1 aromatic rings. The highest BCUT2D eigenvalue weighted by atomic mass is 16.6. The number of nitrogens with two attached hydrogens (primary N) is 1. The summed E-state index contributed by atoms with van der Waals surface area (Å²) in [6.07, 6.45) is 0.879. The van der Waals surface area contributed by atoms with E-state index in [1.165, 1.54) is 0 Å². The highest BCUT2D eigenvalue weighted by molar-refractivity contribution is 5.89. The van der Waals surface area contributed by atoms with E-state index in [0.29, 0.717) is 0 Å². The molecule has 3 N–H and O–H groups in total. The number of aromatic carboxylic acids is 1. The topological polar surface area (TPSA) is 141 Å². The lowest BCUT2D eigenvalue weighted by atomic mass is 10.4. The Bertz CT molecular complexity index is 420. The highest BCUT2D eigenvalue weighted by Gasteiger charge is 2.24. The number of carbonyl (C=O) groups is 2. The zero-order chi connectivity index (χ0) is 12.3. The molecular weight excluding hydrogens is 220 g/mol. The minimum absolute atomic E-state index is 0.00343. The second kappa shape index (κ2) is 4.38. The first-order valence-corrected chi connectivity index (χ1v) is 4.15. The van der Waals surface area contributed by atoms with Gasteiger partial charge in [-0.2, -0.15) is 5.10 Å². The van der Waals surface area contributed by atoms with Crippen molar-refractivity contribution in [1.29, 1.82) is 0 Å². The van der Waals surface area contributed by atoms with Crippen LogP contribution >= 0.6 is 0 Å². The fourth-order valence-corrected chi connectivity index (χ4v) is 1.04. The van der Waals surface area contributed by atoms with Crippen LogP contribution in [0.2, 0.25) is 0 Å². The minimum Gasteiger partial charge on any atom is -0.476 e. The average Bonchev–Trinajstić information content (AvgIpc) is 2.58. The second-order valence-electron chi connectivity index (χ2n) is 2.90. The van der Waals surface area contributed by atoms with Crippen LogP contribution < -0.4 is 5.73 Å². The number of rotatable bonds is 5. The van der Waals surface area contributed by atoms with E-state index < -0.39 is 28.2 Å². The standard InChI is InChI=1S/C7H8N4O5/c8-5(12)1-2-10-3-4(11(15)16)6(9-10)7(13)14/h3H,1-2H2,(H2,8,12)(H,13,14). The number of hydrogen-bond acceptors (Lipinski definition) is 5. The van der Waals surface area contributed by atoms with Crippen LogP contribution in [-0.4, -0.2) is 31.7 Å². The third kappa shape index (κ3) is 2.53. The van der Waals surface area contributed by atoms with Gasteiger partial charge < -0.3 is 10.8 Å². The summed E-state index contributed by atoms with van der Waals surface area (Å²) in [5.41, 5.74) is 3.60. The molecule has 0 spiro atoms. The van der Waals surface area contributed by atoms with Crippen LogP contribution in [0.1, 0.15) is 16.9 Å². The molecule has 0 bridgehead atoms. The highest BCUT2D eigenvalue weighted by Crippen LogP contribution is 2.16. The van der Waals surface area contributed by atoms with Crippen molar-refractivity contribution in [2.45, 2.75) is 13.0 Å². The first kappa shape index (κ1) is 11.6. The number of carboxylic acid groups (broad SMARTS) is 1. The Balaban J connectivity index is 2.97. The molecule has 9 nitrogen and oxygen atoms in total. The van der Waals surface area contributed by atoms with Gasteiger partial charge >= 0.3 is 11.7 Å². The molecular formula is C7H8N4O5. The van der Waals surface area contributed by atoms with Crippen molar-refractivity contribution < 1.29 is 19.6 Å². The maximum absolute atomic E-state index is 10.6. The van der Waals surface area contributed by atoms with E-state index in [1.54, 1.807) is 0 Å². The average molecular weight is 228 g/mol. The van der Waals surface area contributed by atoms with Gasteiger partial charge in [0.25, 0.3) is 0 Å². The molecule has 0 radical (unpaired) electrons. The van der Waals surface area contributed by atoms with E-state index in [0.717, 1.165) is 10.9 Å². The third-order valence-electron chi connectivity index (χ3n) is 1.73. The maximum atomic E-state index is 10.6. The Hall–Kier alpha value is -2.45. The SMILES string of the molecule is NC(=O)CCn1cc([N+](=O)[O-])c(C(=O)O)n1. The lowest BCUT2D eigenvalue weighted by molar-refractivity contribution is -0.385. The van der Waals surface area contributed by atoms with Crippen LogP contribution in [0.15, 0.2) is 6.20 Å². The lowest BCUT2D eigenvalue weighted by Gasteiger charge is -1.95. The van der Waals surface area contributed by atoms with Gasteiger partial charge in [-0.05, 0) is 0 Å². The number of aromatic nitrogens is 2. The van der Waals surface area contributed by atoms with E-state index in [9.17, 15) is 19.7 Å². The maximum Gasteiger partial charge on any atom is 0.363 e. The molecule has 0 fully saturated rings. The zero-order valence-corrected chi connectivity index (χ0v) is 7.99. The summed E-state index contributed by atoms with van der Waals surface area (Å²) >= 11 is 0. The number of hydrogen-bond donors (Lipinski definition) is 2. The van der Waals surface area contributed by atoms with Gasteiger partial charge in [0.05, 0.1) is 4.92 Å². The van der Waals surface area contributed by atoms with Crippen molar-refractivity contribution in [2.24, 2.45) is 5.73 Å². The van der Waals surface area contributed by atoms with Crippen LogP contribution in [-0.2, 0) is 11.3 Å². The van der Waals surface area contributed by atoms with Crippen LogP contribution in [0.4, 0.5) is 5.69 Å². The van der Waals surface area contributed by atoms with E-state index >= 15 is 0 Å². The molecule has 0 aliphatic carbocycles. The molecule has 16 heavy (non-hydrogen) atoms. The number of primary amides is 1. The quantitative estimate of drug-likeness (QED) is 0.507. The van der Waals surface area contributed by atoms with Gasteiger partial charge in [0.2, 0.25) is 11.6 Å². The fraction of sp³-hybridized carbons (Fsp3) is 0.286. The molecule has 0 unspecified atom stereocenters. The Morgan fingerprint density at radius 2 is 2.25 bits per heavy atom. The molecule has 0 aromatic carbocycles. The van der Waals surface area contributed by atoms with Gasteiger partial charge in [-0.3, -0.25) is 19.6 Å². The molecule has 0 aliphatic rings. The van der Waals surface area contributed by atoms with Gasteiger partial charge in [-0.25, -0.2) is 4.79 Å². The van der Waals surface area contributed by atoms with Crippen molar-refractivity contribution in [3.8, 4) is 0 Å². The van der Waals surface area contributed by atoms with Crippen molar-refractivity contribution in [3.63, 3.8) is 0 Å².